The fourth-order valence-corrected chi connectivity index (χ4v) is 1.71. The number of methoxy groups -OCH3 is 1. The van der Waals surface area contributed by atoms with Crippen molar-refractivity contribution in [3.05, 3.63) is 42.5 Å². The number of nitrogens with one attached hydrogen (secondary N) is 1. The van der Waals surface area contributed by atoms with Crippen LogP contribution in [0.3, 0.4) is 0 Å². The highest BCUT2D eigenvalue weighted by Crippen LogP contribution is 2.21. The third-order valence-electron chi connectivity index (χ3n) is 2.45. The molecule has 0 aliphatic heterocycles. The van der Waals surface area contributed by atoms with Crippen molar-refractivity contribution in [3.63, 3.8) is 0 Å². The number of pyridine rings is 1. The van der Waals surface area contributed by atoms with Gasteiger partial charge in [-0.1, -0.05) is 0 Å². The van der Waals surface area contributed by atoms with Crippen molar-refractivity contribution in [2.45, 2.75) is 19.4 Å². The molecule has 2 rings (SSSR count). The Morgan fingerprint density at radius 1 is 1.41 bits per heavy atom. The lowest BCUT2D eigenvalue weighted by molar-refractivity contribution is 0.399. The van der Waals surface area contributed by atoms with E-state index in [2.05, 4.69) is 17.2 Å². The fraction of sp³-hybridized carbons (Fsp3) is 0.308. The van der Waals surface area contributed by atoms with Gasteiger partial charge in [-0.2, -0.15) is 0 Å². The van der Waals surface area contributed by atoms with Gasteiger partial charge in [0.05, 0.1) is 19.1 Å². The summed E-state index contributed by atoms with van der Waals surface area (Å²) in [7, 11) is 1.62. The second kappa shape index (κ2) is 5.39. The van der Waals surface area contributed by atoms with Gasteiger partial charge >= 0.3 is 0 Å². The summed E-state index contributed by atoms with van der Waals surface area (Å²) in [4.78, 5) is 4.14. The van der Waals surface area contributed by atoms with E-state index in [9.17, 15) is 0 Å². The van der Waals surface area contributed by atoms with E-state index in [4.69, 9.17) is 9.15 Å². The van der Waals surface area contributed by atoms with Crippen LogP contribution in [0.1, 0.15) is 12.7 Å². The molecule has 0 saturated heterocycles. The summed E-state index contributed by atoms with van der Waals surface area (Å²) in [5.74, 6) is 1.58. The Balaban J connectivity index is 2.00. The average molecular weight is 232 g/mol. The van der Waals surface area contributed by atoms with E-state index in [0.29, 0.717) is 5.88 Å². The van der Waals surface area contributed by atoms with Crippen LogP contribution in [-0.4, -0.2) is 18.1 Å². The minimum Gasteiger partial charge on any atom is -0.480 e. The molecular formula is C13H16N2O2. The Bertz CT molecular complexity index is 454. The second-order valence-electron chi connectivity index (χ2n) is 3.89. The summed E-state index contributed by atoms with van der Waals surface area (Å²) in [5, 5.41) is 3.35. The van der Waals surface area contributed by atoms with Crippen molar-refractivity contribution in [1.29, 1.82) is 0 Å². The first-order valence-corrected chi connectivity index (χ1v) is 5.57. The summed E-state index contributed by atoms with van der Waals surface area (Å²) >= 11 is 0. The molecule has 17 heavy (non-hydrogen) atoms. The zero-order valence-corrected chi connectivity index (χ0v) is 10.0. The third-order valence-corrected chi connectivity index (χ3v) is 2.45. The van der Waals surface area contributed by atoms with Crippen LogP contribution in [0.25, 0.3) is 0 Å². The number of nitrogens with zero attached hydrogens (tertiary/aromatic N) is 1. The zero-order chi connectivity index (χ0) is 12.1. The van der Waals surface area contributed by atoms with Gasteiger partial charge in [0.2, 0.25) is 5.88 Å². The van der Waals surface area contributed by atoms with Crippen molar-refractivity contribution < 1.29 is 9.15 Å². The normalized spacial score (nSPS) is 12.1. The van der Waals surface area contributed by atoms with Crippen molar-refractivity contribution in [2.24, 2.45) is 0 Å². The minimum absolute atomic E-state index is 0.249. The van der Waals surface area contributed by atoms with E-state index in [-0.39, 0.29) is 6.04 Å². The molecule has 4 heteroatoms. The Morgan fingerprint density at radius 2 is 2.29 bits per heavy atom. The van der Waals surface area contributed by atoms with Gasteiger partial charge in [0.15, 0.2) is 0 Å². The molecule has 0 bridgehead atoms. The lowest BCUT2D eigenvalue weighted by atomic mass is 10.2. The molecule has 0 aliphatic rings. The largest absolute Gasteiger partial charge is 0.480 e. The number of rotatable bonds is 5. The molecule has 0 aliphatic carbocycles. The van der Waals surface area contributed by atoms with Crippen LogP contribution in [0.2, 0.25) is 0 Å². The van der Waals surface area contributed by atoms with Gasteiger partial charge in [-0.25, -0.2) is 4.98 Å². The lowest BCUT2D eigenvalue weighted by Gasteiger charge is -2.15. The Kier molecular flexibility index (Phi) is 3.65. The van der Waals surface area contributed by atoms with Gasteiger partial charge in [-0.05, 0) is 31.2 Å². The van der Waals surface area contributed by atoms with Crippen molar-refractivity contribution >= 4 is 5.69 Å². The first-order chi connectivity index (χ1) is 8.29. The van der Waals surface area contributed by atoms with Crippen LogP contribution in [0.4, 0.5) is 5.69 Å². The van der Waals surface area contributed by atoms with Crippen LogP contribution >= 0.6 is 0 Å². The van der Waals surface area contributed by atoms with Crippen molar-refractivity contribution in [1.82, 2.24) is 4.98 Å². The standard InChI is InChI=1S/C13H16N2O2/c1-10(9-11-5-4-8-17-11)15-12-6-3-7-14-13(12)16-2/h3-8,10,15H,9H2,1-2H3. The predicted octanol–water partition coefficient (Wildman–Crippen LogP) is 2.73. The Hall–Kier alpha value is -1.97. The second-order valence-corrected chi connectivity index (χ2v) is 3.89. The zero-order valence-electron chi connectivity index (χ0n) is 10.0. The van der Waals surface area contributed by atoms with E-state index < -0.39 is 0 Å². The van der Waals surface area contributed by atoms with Gasteiger partial charge in [0, 0.05) is 18.7 Å². The van der Waals surface area contributed by atoms with Crippen LogP contribution in [0.5, 0.6) is 5.88 Å². The number of ether oxygens (including phenoxy) is 1. The van der Waals surface area contributed by atoms with Crippen LogP contribution in [0.15, 0.2) is 41.1 Å². The molecule has 0 fully saturated rings. The van der Waals surface area contributed by atoms with Gasteiger partial charge in [-0.3, -0.25) is 0 Å². The molecule has 0 saturated carbocycles. The lowest BCUT2D eigenvalue weighted by Crippen LogP contribution is -2.18. The Labute approximate surface area is 101 Å². The van der Waals surface area contributed by atoms with Gasteiger partial charge < -0.3 is 14.5 Å². The molecule has 1 unspecified atom stereocenters. The van der Waals surface area contributed by atoms with Crippen molar-refractivity contribution in [2.75, 3.05) is 12.4 Å². The molecular weight excluding hydrogens is 216 g/mol. The number of hydrogen-bond acceptors (Lipinski definition) is 4. The first-order valence-electron chi connectivity index (χ1n) is 5.57. The van der Waals surface area contributed by atoms with Gasteiger partial charge in [-0.15, -0.1) is 0 Å². The summed E-state index contributed by atoms with van der Waals surface area (Å²) in [6, 6.07) is 7.94. The molecule has 4 nitrogen and oxygen atoms in total. The first kappa shape index (κ1) is 11.5. The highest BCUT2D eigenvalue weighted by Gasteiger charge is 2.09. The van der Waals surface area contributed by atoms with Gasteiger partial charge in [0.1, 0.15) is 5.76 Å². The Morgan fingerprint density at radius 3 is 3.00 bits per heavy atom. The summed E-state index contributed by atoms with van der Waals surface area (Å²) < 4.78 is 10.5. The number of hydrogen-bond donors (Lipinski definition) is 1. The molecule has 0 amide bonds. The number of aromatic nitrogens is 1. The molecule has 90 valence electrons. The predicted molar refractivity (Wildman–Crippen MR) is 66.3 cm³/mol. The molecule has 2 aromatic heterocycles. The summed E-state index contributed by atoms with van der Waals surface area (Å²) in [6.07, 6.45) is 4.22. The quantitative estimate of drug-likeness (QED) is 0.861. The highest BCUT2D eigenvalue weighted by molar-refractivity contribution is 5.52. The average Bonchev–Trinajstić information content (AvgIpc) is 2.82. The van der Waals surface area contributed by atoms with Crippen LogP contribution in [0, 0.1) is 0 Å². The molecule has 0 spiro atoms. The topological polar surface area (TPSA) is 47.3 Å². The SMILES string of the molecule is COc1ncccc1NC(C)Cc1ccco1. The molecule has 0 aromatic carbocycles. The maximum atomic E-state index is 5.31. The summed E-state index contributed by atoms with van der Waals surface area (Å²) in [6.45, 7) is 2.09. The molecule has 2 heterocycles. The minimum atomic E-state index is 0.249. The number of furan rings is 1. The fourth-order valence-electron chi connectivity index (χ4n) is 1.71. The van der Waals surface area contributed by atoms with Gasteiger partial charge in [0.25, 0.3) is 0 Å². The van der Waals surface area contributed by atoms with E-state index in [1.54, 1.807) is 19.6 Å². The monoisotopic (exact) mass is 232 g/mol. The van der Waals surface area contributed by atoms with E-state index in [0.717, 1.165) is 17.9 Å². The van der Waals surface area contributed by atoms with Crippen LogP contribution in [-0.2, 0) is 6.42 Å². The summed E-state index contributed by atoms with van der Waals surface area (Å²) in [5.41, 5.74) is 0.897. The highest BCUT2D eigenvalue weighted by atomic mass is 16.5. The van der Waals surface area contributed by atoms with Crippen molar-refractivity contribution in [3.8, 4) is 5.88 Å². The molecule has 2 aromatic rings. The maximum Gasteiger partial charge on any atom is 0.237 e. The molecule has 1 N–H and O–H groups in total. The smallest absolute Gasteiger partial charge is 0.237 e. The van der Waals surface area contributed by atoms with E-state index in [1.807, 2.05) is 24.3 Å². The van der Waals surface area contributed by atoms with E-state index >= 15 is 0 Å². The third kappa shape index (κ3) is 3.00. The maximum absolute atomic E-state index is 5.31. The van der Waals surface area contributed by atoms with Crippen LogP contribution < -0.4 is 10.1 Å². The van der Waals surface area contributed by atoms with E-state index in [1.165, 1.54) is 0 Å². The molecule has 1 atom stereocenters. The molecule has 0 radical (unpaired) electrons. The number of anilines is 1.